The van der Waals surface area contributed by atoms with Gasteiger partial charge in [-0.3, -0.25) is 9.20 Å². The lowest BCUT2D eigenvalue weighted by molar-refractivity contribution is -0.0506. The van der Waals surface area contributed by atoms with Gasteiger partial charge in [0.15, 0.2) is 5.65 Å². The summed E-state index contributed by atoms with van der Waals surface area (Å²) in [6.07, 6.45) is 2.93. The summed E-state index contributed by atoms with van der Waals surface area (Å²) in [6, 6.07) is 6.68. The summed E-state index contributed by atoms with van der Waals surface area (Å²) < 4.78 is 44.4. The molecule has 2 heterocycles. The average molecular weight is 336 g/mol. The Morgan fingerprint density at radius 1 is 1.29 bits per heavy atom. The Kier molecular flexibility index (Phi) is 4.32. The van der Waals surface area contributed by atoms with E-state index < -0.39 is 18.3 Å². The Bertz CT molecular complexity index is 882. The van der Waals surface area contributed by atoms with Gasteiger partial charge in [0.2, 0.25) is 0 Å². The third-order valence-electron chi connectivity index (χ3n) is 3.27. The minimum Gasteiger partial charge on any atom is -0.434 e. The highest BCUT2D eigenvalue weighted by molar-refractivity contribution is 5.94. The van der Waals surface area contributed by atoms with Gasteiger partial charge in [-0.2, -0.15) is 8.78 Å². The summed E-state index contributed by atoms with van der Waals surface area (Å²) >= 11 is 0. The maximum absolute atomic E-state index is 13.8. The van der Waals surface area contributed by atoms with Crippen LogP contribution in [0.1, 0.15) is 15.9 Å². The number of aromatic nitrogens is 3. The smallest absolute Gasteiger partial charge is 0.387 e. The Morgan fingerprint density at radius 2 is 2.12 bits per heavy atom. The van der Waals surface area contributed by atoms with Gasteiger partial charge in [-0.1, -0.05) is 6.07 Å². The van der Waals surface area contributed by atoms with Crippen molar-refractivity contribution in [2.24, 2.45) is 0 Å². The molecule has 2 aromatic heterocycles. The summed E-state index contributed by atoms with van der Waals surface area (Å²) in [7, 11) is 0. The zero-order chi connectivity index (χ0) is 17.1. The first-order valence-corrected chi connectivity index (χ1v) is 6.84. The number of amides is 1. The Labute approximate surface area is 133 Å². The van der Waals surface area contributed by atoms with E-state index in [1.807, 2.05) is 0 Å². The average Bonchev–Trinajstić information content (AvgIpc) is 3.01. The zero-order valence-corrected chi connectivity index (χ0v) is 12.1. The molecule has 0 radical (unpaired) electrons. The standard InChI is InChI=1S/C15H11F3N4O2/c16-11-2-1-3-12(24-15(17)18)10(11)6-19-14(23)9-4-5-13-21-20-8-22(13)7-9/h1-5,7-8,15H,6H2,(H,19,23). The van der Waals surface area contributed by atoms with E-state index in [-0.39, 0.29) is 23.4 Å². The van der Waals surface area contributed by atoms with Crippen LogP contribution in [0.2, 0.25) is 0 Å². The van der Waals surface area contributed by atoms with Crippen molar-refractivity contribution in [3.63, 3.8) is 0 Å². The van der Waals surface area contributed by atoms with Crippen molar-refractivity contribution >= 4 is 11.6 Å². The molecule has 0 bridgehead atoms. The Morgan fingerprint density at radius 3 is 2.92 bits per heavy atom. The van der Waals surface area contributed by atoms with Gasteiger partial charge in [-0.15, -0.1) is 10.2 Å². The molecule has 1 amide bonds. The highest BCUT2D eigenvalue weighted by Crippen LogP contribution is 2.23. The minimum absolute atomic E-state index is 0.156. The van der Waals surface area contributed by atoms with Gasteiger partial charge in [0.05, 0.1) is 5.56 Å². The predicted octanol–water partition coefficient (Wildman–Crippen LogP) is 2.40. The highest BCUT2D eigenvalue weighted by Gasteiger charge is 2.15. The number of pyridine rings is 1. The lowest BCUT2D eigenvalue weighted by Gasteiger charge is -2.12. The van der Waals surface area contributed by atoms with Crippen LogP contribution < -0.4 is 10.1 Å². The number of nitrogens with zero attached hydrogens (tertiary/aromatic N) is 3. The van der Waals surface area contributed by atoms with Crippen molar-refractivity contribution in [3.05, 3.63) is 59.8 Å². The fourth-order valence-corrected chi connectivity index (χ4v) is 2.15. The molecule has 0 atom stereocenters. The van der Waals surface area contributed by atoms with E-state index in [4.69, 9.17) is 0 Å². The number of halogens is 3. The van der Waals surface area contributed by atoms with Gasteiger partial charge in [0, 0.05) is 18.3 Å². The molecule has 0 saturated carbocycles. The minimum atomic E-state index is -3.09. The van der Waals surface area contributed by atoms with Crippen LogP contribution in [0.3, 0.4) is 0 Å². The van der Waals surface area contributed by atoms with Crippen LogP contribution in [-0.4, -0.2) is 27.1 Å². The molecule has 124 valence electrons. The summed E-state index contributed by atoms with van der Waals surface area (Å²) in [5.41, 5.74) is 0.694. The molecule has 24 heavy (non-hydrogen) atoms. The molecule has 0 saturated heterocycles. The van der Waals surface area contributed by atoms with E-state index in [0.717, 1.165) is 6.07 Å². The molecule has 6 nitrogen and oxygen atoms in total. The number of carbonyl (C=O) groups excluding carboxylic acids is 1. The van der Waals surface area contributed by atoms with Crippen LogP contribution in [0.25, 0.3) is 5.65 Å². The van der Waals surface area contributed by atoms with E-state index in [0.29, 0.717) is 5.65 Å². The normalized spacial score (nSPS) is 11.0. The van der Waals surface area contributed by atoms with Crippen molar-refractivity contribution in [2.45, 2.75) is 13.2 Å². The number of benzene rings is 1. The number of carbonyl (C=O) groups is 1. The maximum atomic E-state index is 13.8. The zero-order valence-electron chi connectivity index (χ0n) is 12.1. The fraction of sp³-hybridized carbons (Fsp3) is 0.133. The number of fused-ring (bicyclic) bond motifs is 1. The first-order chi connectivity index (χ1) is 11.5. The molecule has 1 N–H and O–H groups in total. The molecule has 9 heteroatoms. The number of rotatable bonds is 5. The molecule has 3 rings (SSSR count). The van der Waals surface area contributed by atoms with E-state index in [1.165, 1.54) is 30.7 Å². The number of nitrogens with one attached hydrogen (secondary N) is 1. The summed E-state index contributed by atoms with van der Waals surface area (Å²) in [4.78, 5) is 12.2. The largest absolute Gasteiger partial charge is 0.434 e. The molecule has 3 aromatic rings. The molecule has 0 aliphatic rings. The molecular weight excluding hydrogens is 325 g/mol. The van der Waals surface area contributed by atoms with Gasteiger partial charge in [-0.25, -0.2) is 4.39 Å². The Balaban J connectivity index is 1.76. The quantitative estimate of drug-likeness (QED) is 0.777. The number of hydrogen-bond donors (Lipinski definition) is 1. The van der Waals surface area contributed by atoms with Crippen LogP contribution >= 0.6 is 0 Å². The summed E-state index contributed by atoms with van der Waals surface area (Å²) in [5.74, 6) is -1.57. The highest BCUT2D eigenvalue weighted by atomic mass is 19.3. The van der Waals surface area contributed by atoms with Gasteiger partial charge in [0.25, 0.3) is 5.91 Å². The first kappa shape index (κ1) is 15.8. The summed E-state index contributed by atoms with van der Waals surface area (Å²) in [6.45, 7) is -3.38. The van der Waals surface area contributed by atoms with E-state index in [2.05, 4.69) is 20.3 Å². The lowest BCUT2D eigenvalue weighted by atomic mass is 10.1. The topological polar surface area (TPSA) is 68.5 Å². The van der Waals surface area contributed by atoms with Crippen molar-refractivity contribution in [1.29, 1.82) is 0 Å². The van der Waals surface area contributed by atoms with Crippen molar-refractivity contribution in [2.75, 3.05) is 0 Å². The van der Waals surface area contributed by atoms with Crippen molar-refractivity contribution in [3.8, 4) is 5.75 Å². The molecule has 1 aromatic carbocycles. The van der Waals surface area contributed by atoms with Crippen molar-refractivity contribution < 1.29 is 22.7 Å². The molecular formula is C15H11F3N4O2. The Hall–Kier alpha value is -3.10. The van der Waals surface area contributed by atoms with E-state index in [1.54, 1.807) is 10.5 Å². The van der Waals surface area contributed by atoms with Crippen LogP contribution in [0.5, 0.6) is 5.75 Å². The molecule has 0 unspecified atom stereocenters. The maximum Gasteiger partial charge on any atom is 0.387 e. The van der Waals surface area contributed by atoms with Crippen LogP contribution in [0, 0.1) is 5.82 Å². The van der Waals surface area contributed by atoms with Crippen LogP contribution in [0.4, 0.5) is 13.2 Å². The molecule has 0 spiro atoms. The van der Waals surface area contributed by atoms with E-state index in [9.17, 15) is 18.0 Å². The van der Waals surface area contributed by atoms with E-state index >= 15 is 0 Å². The molecule has 0 fully saturated rings. The van der Waals surface area contributed by atoms with Gasteiger partial charge >= 0.3 is 6.61 Å². The number of hydrogen-bond acceptors (Lipinski definition) is 4. The number of ether oxygens (including phenoxy) is 1. The SMILES string of the molecule is O=C(NCc1c(F)cccc1OC(F)F)c1ccc2nncn2c1. The second kappa shape index (κ2) is 6.57. The number of alkyl halides is 2. The molecule has 0 aliphatic heterocycles. The summed E-state index contributed by atoms with van der Waals surface area (Å²) in [5, 5.41) is 9.97. The second-order valence-electron chi connectivity index (χ2n) is 4.79. The fourth-order valence-electron chi connectivity index (χ4n) is 2.15. The van der Waals surface area contributed by atoms with Gasteiger partial charge < -0.3 is 10.1 Å². The van der Waals surface area contributed by atoms with Crippen LogP contribution in [-0.2, 0) is 6.54 Å². The van der Waals surface area contributed by atoms with Gasteiger partial charge in [-0.05, 0) is 24.3 Å². The monoisotopic (exact) mass is 336 g/mol. The van der Waals surface area contributed by atoms with Crippen molar-refractivity contribution in [1.82, 2.24) is 19.9 Å². The predicted molar refractivity (Wildman–Crippen MR) is 77.2 cm³/mol. The van der Waals surface area contributed by atoms with Gasteiger partial charge in [0.1, 0.15) is 17.9 Å². The third kappa shape index (κ3) is 3.29. The van der Waals surface area contributed by atoms with Crippen LogP contribution in [0.15, 0.2) is 42.9 Å². The third-order valence-corrected chi connectivity index (χ3v) is 3.27. The molecule has 0 aliphatic carbocycles. The lowest BCUT2D eigenvalue weighted by Crippen LogP contribution is -2.24. The second-order valence-corrected chi connectivity index (χ2v) is 4.79. The first-order valence-electron chi connectivity index (χ1n) is 6.84.